The molecule has 0 saturated carbocycles. The van der Waals surface area contributed by atoms with Gasteiger partial charge in [0.1, 0.15) is 5.75 Å². The Balaban J connectivity index is 1.86. The van der Waals surface area contributed by atoms with Crippen LogP contribution >= 0.6 is 0 Å². The molecular weight excluding hydrogens is 313 g/mol. The third kappa shape index (κ3) is 2.96. The van der Waals surface area contributed by atoms with Crippen LogP contribution in [0.3, 0.4) is 0 Å². The van der Waals surface area contributed by atoms with Crippen LogP contribution in [0.5, 0.6) is 5.75 Å². The minimum atomic E-state index is -0.910. The molecule has 0 bridgehead atoms. The summed E-state index contributed by atoms with van der Waals surface area (Å²) >= 11 is 0. The molecule has 0 spiro atoms. The number of fused-ring (bicyclic) bond motifs is 1. The Kier molecular flexibility index (Phi) is 4.24. The van der Waals surface area contributed by atoms with Crippen molar-refractivity contribution < 1.29 is 14.0 Å². The first kappa shape index (κ1) is 15.7. The normalized spacial score (nSPS) is 10.6. The predicted molar refractivity (Wildman–Crippen MR) is 86.7 cm³/mol. The highest BCUT2D eigenvalue weighted by atomic mass is 19.2. The number of methoxy groups -OCH3 is 1. The number of hydrogen-bond donors (Lipinski definition) is 1. The van der Waals surface area contributed by atoms with E-state index < -0.39 is 17.3 Å². The van der Waals surface area contributed by atoms with Gasteiger partial charge in [-0.15, -0.1) is 4.79 Å². The van der Waals surface area contributed by atoms with Gasteiger partial charge in [0, 0.05) is 6.54 Å². The number of benzene rings is 2. The number of nitrogens with one attached hydrogen (secondary N) is 1. The lowest BCUT2D eigenvalue weighted by Crippen LogP contribution is -2.31. The highest BCUT2D eigenvalue weighted by Crippen LogP contribution is 2.12. The van der Waals surface area contributed by atoms with Crippen molar-refractivity contribution in [2.24, 2.45) is 0 Å². The van der Waals surface area contributed by atoms with E-state index in [0.29, 0.717) is 5.75 Å². The van der Waals surface area contributed by atoms with Crippen LogP contribution in [0.25, 0.3) is 10.9 Å². The number of hydrogen-bond acceptors (Lipinski definition) is 4. The van der Waals surface area contributed by atoms with E-state index in [9.17, 15) is 14.1 Å². The number of carbonyl (C=O) groups is 1. The number of halogens is 1. The lowest BCUT2D eigenvalue weighted by Gasteiger charge is -2.08. The zero-order valence-electron chi connectivity index (χ0n) is 12.8. The molecule has 0 aliphatic carbocycles. The fourth-order valence-corrected chi connectivity index (χ4v) is 2.30. The van der Waals surface area contributed by atoms with Crippen molar-refractivity contribution in [3.05, 3.63) is 70.3 Å². The second-order valence-electron chi connectivity index (χ2n) is 5.07. The van der Waals surface area contributed by atoms with Crippen LogP contribution in [-0.4, -0.2) is 22.8 Å². The van der Waals surface area contributed by atoms with E-state index >= 15 is 0 Å². The summed E-state index contributed by atoms with van der Waals surface area (Å²) in [6, 6.07) is 13.4. The van der Waals surface area contributed by atoms with E-state index in [4.69, 9.17) is 4.74 Å². The molecule has 0 aliphatic heterocycles. The molecule has 3 aromatic rings. The average molecular weight is 327 g/mol. The summed E-state index contributed by atoms with van der Waals surface area (Å²) in [7, 11) is 1.54. The van der Waals surface area contributed by atoms with Gasteiger partial charge in [0.15, 0.2) is 0 Å². The van der Waals surface area contributed by atoms with E-state index in [1.165, 1.54) is 6.07 Å². The molecule has 0 unspecified atom stereocenters. The number of para-hydroxylation sites is 1. The molecule has 1 amide bonds. The zero-order valence-corrected chi connectivity index (χ0v) is 12.8. The average Bonchev–Trinajstić information content (AvgIpc) is 2.63. The maximum atomic E-state index is 14.1. The Morgan fingerprint density at radius 1 is 1.25 bits per heavy atom. The SMILES string of the molecule is COc1cccc(CNC(=O)c2nc3ccccc3c(=O)n2F)c1. The van der Waals surface area contributed by atoms with Gasteiger partial charge in [-0.2, -0.15) is 0 Å². The molecule has 122 valence electrons. The van der Waals surface area contributed by atoms with Crippen molar-refractivity contribution >= 4 is 16.8 Å². The van der Waals surface area contributed by atoms with Crippen LogP contribution in [0.2, 0.25) is 0 Å². The summed E-state index contributed by atoms with van der Waals surface area (Å²) in [6.07, 6.45) is 0. The molecule has 7 heteroatoms. The maximum absolute atomic E-state index is 14.1. The second-order valence-corrected chi connectivity index (χ2v) is 5.07. The second kappa shape index (κ2) is 6.49. The lowest BCUT2D eigenvalue weighted by molar-refractivity contribution is 0.0921. The third-order valence-corrected chi connectivity index (χ3v) is 3.52. The van der Waals surface area contributed by atoms with Crippen LogP contribution in [0, 0.1) is 0 Å². The van der Waals surface area contributed by atoms with Crippen molar-refractivity contribution in [1.29, 1.82) is 0 Å². The van der Waals surface area contributed by atoms with E-state index in [1.807, 2.05) is 0 Å². The molecular formula is C17H14FN3O3. The number of carbonyl (C=O) groups excluding carboxylic acids is 1. The van der Waals surface area contributed by atoms with Gasteiger partial charge in [-0.3, -0.25) is 9.59 Å². The molecule has 3 rings (SSSR count). The monoisotopic (exact) mass is 327 g/mol. The molecule has 1 heterocycles. The van der Waals surface area contributed by atoms with E-state index in [2.05, 4.69) is 10.3 Å². The third-order valence-electron chi connectivity index (χ3n) is 3.52. The van der Waals surface area contributed by atoms with E-state index in [1.54, 1.807) is 49.6 Å². The summed E-state index contributed by atoms with van der Waals surface area (Å²) in [5, 5.41) is 2.66. The topological polar surface area (TPSA) is 73.2 Å². The van der Waals surface area contributed by atoms with E-state index in [-0.39, 0.29) is 22.2 Å². The van der Waals surface area contributed by atoms with Gasteiger partial charge in [0.05, 0.1) is 18.0 Å². The smallest absolute Gasteiger partial charge is 0.290 e. The van der Waals surface area contributed by atoms with Crippen LogP contribution in [-0.2, 0) is 6.54 Å². The van der Waals surface area contributed by atoms with Gasteiger partial charge in [0.25, 0.3) is 11.5 Å². The fourth-order valence-electron chi connectivity index (χ4n) is 2.30. The number of aromatic nitrogens is 2. The van der Waals surface area contributed by atoms with Gasteiger partial charge in [-0.25, -0.2) is 4.98 Å². The fraction of sp³-hybridized carbons (Fsp3) is 0.118. The quantitative estimate of drug-likeness (QED) is 0.796. The van der Waals surface area contributed by atoms with Crippen LogP contribution in [0.1, 0.15) is 16.2 Å². The molecule has 1 aromatic heterocycles. The summed E-state index contributed by atoms with van der Waals surface area (Å²) < 4.78 is 19.2. The minimum absolute atomic E-state index is 0.115. The molecule has 0 fully saturated rings. The molecule has 0 radical (unpaired) electrons. The maximum Gasteiger partial charge on any atom is 0.290 e. The highest BCUT2D eigenvalue weighted by molar-refractivity contribution is 5.92. The molecule has 6 nitrogen and oxygen atoms in total. The molecule has 0 aliphatic rings. The molecule has 1 N–H and O–H groups in total. The first-order valence-electron chi connectivity index (χ1n) is 7.19. The first-order valence-corrected chi connectivity index (χ1v) is 7.19. The Labute approximate surface area is 136 Å². The molecule has 2 aromatic carbocycles. The van der Waals surface area contributed by atoms with Crippen molar-refractivity contribution in [1.82, 2.24) is 15.1 Å². The number of amides is 1. The standard InChI is InChI=1S/C17H14FN3O3/c1-24-12-6-4-5-11(9-12)10-19-16(22)15-20-14-8-3-2-7-13(14)17(23)21(15)18/h2-9H,10H2,1H3,(H,19,22). The van der Waals surface area contributed by atoms with Gasteiger partial charge in [-0.1, -0.05) is 28.7 Å². The Morgan fingerprint density at radius 3 is 2.83 bits per heavy atom. The van der Waals surface area contributed by atoms with Crippen LogP contribution < -0.4 is 15.6 Å². The molecule has 0 saturated heterocycles. The Morgan fingerprint density at radius 2 is 2.04 bits per heavy atom. The summed E-state index contributed by atoms with van der Waals surface area (Å²) in [6.45, 7) is 0.152. The largest absolute Gasteiger partial charge is 0.497 e. The van der Waals surface area contributed by atoms with Crippen molar-refractivity contribution in [2.45, 2.75) is 6.54 Å². The Hall–Kier alpha value is -3.22. The summed E-state index contributed by atoms with van der Waals surface area (Å²) in [4.78, 5) is 27.8. The Bertz CT molecular complexity index is 969. The van der Waals surface area contributed by atoms with Gasteiger partial charge in [0.2, 0.25) is 5.82 Å². The number of nitrogens with zero attached hydrogens (tertiary/aromatic N) is 2. The van der Waals surface area contributed by atoms with Crippen molar-refractivity contribution in [2.75, 3.05) is 7.11 Å². The molecule has 24 heavy (non-hydrogen) atoms. The zero-order chi connectivity index (χ0) is 17.1. The van der Waals surface area contributed by atoms with E-state index in [0.717, 1.165) is 5.56 Å². The summed E-state index contributed by atoms with van der Waals surface area (Å²) in [5.41, 5.74) is 0.131. The summed E-state index contributed by atoms with van der Waals surface area (Å²) in [5.74, 6) is -0.710. The van der Waals surface area contributed by atoms with Crippen LogP contribution in [0.4, 0.5) is 4.48 Å². The van der Waals surface area contributed by atoms with Crippen LogP contribution in [0.15, 0.2) is 53.3 Å². The van der Waals surface area contributed by atoms with Crippen molar-refractivity contribution in [3.63, 3.8) is 0 Å². The first-order chi connectivity index (χ1) is 11.6. The number of rotatable bonds is 4. The molecule has 0 atom stereocenters. The van der Waals surface area contributed by atoms with Gasteiger partial charge in [-0.05, 0) is 29.8 Å². The predicted octanol–water partition coefficient (Wildman–Crippen LogP) is 2.07. The minimum Gasteiger partial charge on any atom is -0.497 e. The highest BCUT2D eigenvalue weighted by Gasteiger charge is 2.17. The van der Waals surface area contributed by atoms with Gasteiger partial charge >= 0.3 is 0 Å². The number of ether oxygens (including phenoxy) is 1. The van der Waals surface area contributed by atoms with Gasteiger partial charge < -0.3 is 10.1 Å². The lowest BCUT2D eigenvalue weighted by atomic mass is 10.2. The van der Waals surface area contributed by atoms with Crippen molar-refractivity contribution in [3.8, 4) is 5.75 Å².